The molecular weight excluding hydrogens is 320 g/mol. The molecule has 6 nitrogen and oxygen atoms in total. The normalized spacial score (nSPS) is 10.6. The number of para-hydroxylation sites is 1. The second-order valence-electron chi connectivity index (χ2n) is 4.26. The number of thioether (sulfide) groups is 1. The van der Waals surface area contributed by atoms with Crippen molar-refractivity contribution in [1.29, 1.82) is 0 Å². The maximum Gasteiger partial charge on any atom is 0.183 e. The van der Waals surface area contributed by atoms with E-state index in [-0.39, 0.29) is 0 Å². The molecule has 3 aromatic rings. The maximum absolute atomic E-state index is 5.46. The number of aromatic nitrogens is 4. The van der Waals surface area contributed by atoms with Crippen molar-refractivity contribution < 1.29 is 9.47 Å². The zero-order valence-corrected chi connectivity index (χ0v) is 13.7. The average molecular weight is 334 g/mol. The molecule has 0 fully saturated rings. The molecule has 0 spiro atoms. The van der Waals surface area contributed by atoms with Crippen LogP contribution in [-0.2, 0) is 5.75 Å². The maximum atomic E-state index is 5.46. The number of ether oxygens (including phenoxy) is 2. The Morgan fingerprint density at radius 3 is 2.91 bits per heavy atom. The van der Waals surface area contributed by atoms with Crippen LogP contribution in [0.25, 0.3) is 10.6 Å². The third kappa shape index (κ3) is 3.07. The molecule has 1 aromatic carbocycles. The van der Waals surface area contributed by atoms with Gasteiger partial charge in [0.15, 0.2) is 16.7 Å². The van der Waals surface area contributed by atoms with Crippen LogP contribution in [-0.4, -0.2) is 34.4 Å². The van der Waals surface area contributed by atoms with E-state index in [1.807, 2.05) is 23.6 Å². The van der Waals surface area contributed by atoms with Gasteiger partial charge < -0.3 is 9.47 Å². The summed E-state index contributed by atoms with van der Waals surface area (Å²) in [6.07, 6.45) is 1.50. The Balaban J connectivity index is 1.81. The number of aromatic amines is 1. The lowest BCUT2D eigenvalue weighted by Gasteiger charge is -2.10. The van der Waals surface area contributed by atoms with Gasteiger partial charge in [0.2, 0.25) is 0 Å². The van der Waals surface area contributed by atoms with Gasteiger partial charge in [-0.2, -0.15) is 5.10 Å². The highest BCUT2D eigenvalue weighted by molar-refractivity contribution is 7.98. The Labute approximate surface area is 135 Å². The molecule has 0 atom stereocenters. The highest BCUT2D eigenvalue weighted by atomic mass is 32.2. The summed E-state index contributed by atoms with van der Waals surface area (Å²) in [7, 11) is 3.26. The summed E-state index contributed by atoms with van der Waals surface area (Å²) in [6, 6.07) is 5.78. The van der Waals surface area contributed by atoms with Crippen LogP contribution in [0.2, 0.25) is 0 Å². The fraction of sp³-hybridized carbons (Fsp3) is 0.214. The summed E-state index contributed by atoms with van der Waals surface area (Å²) in [4.78, 5) is 8.75. The van der Waals surface area contributed by atoms with Crippen molar-refractivity contribution in [2.45, 2.75) is 10.9 Å². The van der Waals surface area contributed by atoms with Gasteiger partial charge in [-0.1, -0.05) is 17.8 Å². The first kappa shape index (κ1) is 14.9. The van der Waals surface area contributed by atoms with Gasteiger partial charge in [0.1, 0.15) is 11.3 Å². The van der Waals surface area contributed by atoms with Crippen LogP contribution in [0, 0.1) is 0 Å². The minimum absolute atomic E-state index is 0.702. The van der Waals surface area contributed by atoms with Crippen LogP contribution >= 0.6 is 23.1 Å². The van der Waals surface area contributed by atoms with Crippen molar-refractivity contribution in [2.24, 2.45) is 0 Å². The average Bonchev–Trinajstić information content (AvgIpc) is 3.23. The zero-order chi connectivity index (χ0) is 15.4. The standard InChI is InChI=1S/C14H14N4O2S2/c1-19-11-5-3-4-10(12(11)20-2)13-17-9(6-21-13)7-22-14-15-8-16-18-14/h3-6,8H,7H2,1-2H3,(H,15,16,18). The molecule has 0 saturated carbocycles. The molecule has 0 saturated heterocycles. The lowest BCUT2D eigenvalue weighted by atomic mass is 10.2. The van der Waals surface area contributed by atoms with E-state index in [2.05, 4.69) is 20.2 Å². The summed E-state index contributed by atoms with van der Waals surface area (Å²) in [5.41, 5.74) is 1.93. The van der Waals surface area contributed by atoms with Gasteiger partial charge in [-0.05, 0) is 12.1 Å². The Morgan fingerprint density at radius 2 is 2.18 bits per heavy atom. The smallest absolute Gasteiger partial charge is 0.183 e. The lowest BCUT2D eigenvalue weighted by Crippen LogP contribution is -1.93. The van der Waals surface area contributed by atoms with Crippen molar-refractivity contribution in [1.82, 2.24) is 20.2 Å². The van der Waals surface area contributed by atoms with Gasteiger partial charge in [0.05, 0.1) is 25.5 Å². The lowest BCUT2D eigenvalue weighted by molar-refractivity contribution is 0.356. The summed E-state index contributed by atoms with van der Waals surface area (Å²) in [5.74, 6) is 2.14. The van der Waals surface area contributed by atoms with Crippen LogP contribution in [0.3, 0.4) is 0 Å². The third-order valence-electron chi connectivity index (χ3n) is 2.93. The minimum atomic E-state index is 0.702. The fourth-order valence-corrected chi connectivity index (χ4v) is 3.58. The monoisotopic (exact) mass is 334 g/mol. The van der Waals surface area contributed by atoms with Crippen molar-refractivity contribution in [3.8, 4) is 22.1 Å². The first-order valence-corrected chi connectivity index (χ1v) is 8.32. The number of hydrogen-bond acceptors (Lipinski definition) is 7. The van der Waals surface area contributed by atoms with Crippen LogP contribution < -0.4 is 9.47 Å². The molecule has 2 heterocycles. The summed E-state index contributed by atoms with van der Waals surface area (Å²) in [5, 5.41) is 10.4. The molecule has 3 rings (SSSR count). The van der Waals surface area contributed by atoms with Crippen molar-refractivity contribution >= 4 is 23.1 Å². The largest absolute Gasteiger partial charge is 0.493 e. The van der Waals surface area contributed by atoms with E-state index < -0.39 is 0 Å². The second kappa shape index (κ2) is 6.80. The fourth-order valence-electron chi connectivity index (χ4n) is 1.96. The van der Waals surface area contributed by atoms with Gasteiger partial charge in [0.25, 0.3) is 0 Å². The van der Waals surface area contributed by atoms with Crippen LogP contribution in [0.1, 0.15) is 5.69 Å². The quantitative estimate of drug-likeness (QED) is 0.698. The van der Waals surface area contributed by atoms with Crippen molar-refractivity contribution in [3.05, 3.63) is 35.6 Å². The Hall–Kier alpha value is -2.06. The first-order chi connectivity index (χ1) is 10.8. The molecule has 0 aliphatic rings. The number of H-pyrrole nitrogens is 1. The van der Waals surface area contributed by atoms with Gasteiger partial charge in [0, 0.05) is 11.1 Å². The van der Waals surface area contributed by atoms with Gasteiger partial charge >= 0.3 is 0 Å². The van der Waals surface area contributed by atoms with Crippen LogP contribution in [0.15, 0.2) is 35.1 Å². The highest BCUT2D eigenvalue weighted by Crippen LogP contribution is 2.39. The molecule has 0 amide bonds. The van der Waals surface area contributed by atoms with Gasteiger partial charge in [-0.25, -0.2) is 9.97 Å². The third-order valence-corrected chi connectivity index (χ3v) is 4.77. The van der Waals surface area contributed by atoms with Crippen molar-refractivity contribution in [3.63, 3.8) is 0 Å². The van der Waals surface area contributed by atoms with E-state index in [4.69, 9.17) is 9.47 Å². The number of hydrogen-bond donors (Lipinski definition) is 1. The van der Waals surface area contributed by atoms with Crippen molar-refractivity contribution in [2.75, 3.05) is 14.2 Å². The number of rotatable bonds is 6. The number of nitrogens with one attached hydrogen (secondary N) is 1. The molecule has 22 heavy (non-hydrogen) atoms. The highest BCUT2D eigenvalue weighted by Gasteiger charge is 2.14. The molecule has 0 radical (unpaired) electrons. The predicted octanol–water partition coefficient (Wildman–Crippen LogP) is 3.24. The summed E-state index contributed by atoms with van der Waals surface area (Å²) in [6.45, 7) is 0. The summed E-state index contributed by atoms with van der Waals surface area (Å²) >= 11 is 3.15. The molecule has 0 aliphatic heterocycles. The zero-order valence-electron chi connectivity index (χ0n) is 12.1. The number of nitrogens with zero attached hydrogens (tertiary/aromatic N) is 3. The minimum Gasteiger partial charge on any atom is -0.493 e. The van der Waals surface area contributed by atoms with Gasteiger partial charge in [-0.15, -0.1) is 11.3 Å². The molecule has 2 aromatic heterocycles. The van der Waals surface area contributed by atoms with E-state index in [0.29, 0.717) is 11.5 Å². The summed E-state index contributed by atoms with van der Waals surface area (Å²) < 4.78 is 10.8. The topological polar surface area (TPSA) is 72.9 Å². The molecule has 1 N–H and O–H groups in total. The molecule has 0 unspecified atom stereocenters. The number of thiazole rings is 1. The van der Waals surface area contributed by atoms with E-state index in [9.17, 15) is 0 Å². The van der Waals surface area contributed by atoms with Gasteiger partial charge in [-0.3, -0.25) is 5.10 Å². The SMILES string of the molecule is COc1cccc(-c2nc(CSc3ncn[nH]3)cs2)c1OC. The van der Waals surface area contributed by atoms with E-state index >= 15 is 0 Å². The molecule has 114 valence electrons. The predicted molar refractivity (Wildman–Crippen MR) is 86.6 cm³/mol. The molecule has 0 bridgehead atoms. The Bertz CT molecular complexity index is 743. The van der Waals surface area contributed by atoms with E-state index in [1.165, 1.54) is 6.33 Å². The van der Waals surface area contributed by atoms with Crippen LogP contribution in [0.5, 0.6) is 11.5 Å². The van der Waals surface area contributed by atoms with E-state index in [1.54, 1.807) is 37.3 Å². The second-order valence-corrected chi connectivity index (χ2v) is 6.09. The first-order valence-electron chi connectivity index (χ1n) is 6.45. The molecular formula is C14H14N4O2S2. The Morgan fingerprint density at radius 1 is 1.27 bits per heavy atom. The Kier molecular flexibility index (Phi) is 4.59. The number of methoxy groups -OCH3 is 2. The molecule has 0 aliphatic carbocycles. The molecule has 8 heteroatoms. The van der Waals surface area contributed by atoms with E-state index in [0.717, 1.165) is 27.2 Å². The number of benzene rings is 1. The van der Waals surface area contributed by atoms with Crippen LogP contribution in [0.4, 0.5) is 0 Å².